The molecule has 0 aliphatic heterocycles. The molecular weight excluding hydrogens is 214 g/mol. The molecule has 1 aliphatic rings. The summed E-state index contributed by atoms with van der Waals surface area (Å²) in [5.74, 6) is 1.70. The van der Waals surface area contributed by atoms with Crippen LogP contribution in [0, 0.1) is 5.92 Å². The summed E-state index contributed by atoms with van der Waals surface area (Å²) in [6.45, 7) is 1.82. The van der Waals surface area contributed by atoms with Gasteiger partial charge in [-0.2, -0.15) is 0 Å². The second kappa shape index (κ2) is 6.03. The van der Waals surface area contributed by atoms with Gasteiger partial charge in [-0.05, 0) is 50.0 Å². The van der Waals surface area contributed by atoms with E-state index in [1.807, 2.05) is 19.2 Å². The highest BCUT2D eigenvalue weighted by Crippen LogP contribution is 2.30. The van der Waals surface area contributed by atoms with Crippen molar-refractivity contribution in [1.29, 1.82) is 0 Å². The van der Waals surface area contributed by atoms with E-state index in [9.17, 15) is 0 Å². The summed E-state index contributed by atoms with van der Waals surface area (Å²) in [7, 11) is 3.69. The first kappa shape index (κ1) is 12.4. The predicted molar refractivity (Wildman–Crippen MR) is 68.2 cm³/mol. The minimum atomic E-state index is 0.454. The van der Waals surface area contributed by atoms with Crippen molar-refractivity contribution in [3.63, 3.8) is 0 Å². The van der Waals surface area contributed by atoms with Gasteiger partial charge in [0.25, 0.3) is 0 Å². The fourth-order valence-corrected chi connectivity index (χ4v) is 2.20. The summed E-state index contributed by atoms with van der Waals surface area (Å²) in [6, 6.07) is 8.07. The Hall–Kier alpha value is -1.06. The van der Waals surface area contributed by atoms with Crippen molar-refractivity contribution in [3.8, 4) is 5.75 Å². The van der Waals surface area contributed by atoms with E-state index in [0.29, 0.717) is 12.7 Å². The zero-order chi connectivity index (χ0) is 12.1. The molecule has 0 bridgehead atoms. The van der Waals surface area contributed by atoms with Gasteiger partial charge in [0.2, 0.25) is 0 Å². The molecule has 3 heteroatoms. The van der Waals surface area contributed by atoms with Crippen molar-refractivity contribution < 1.29 is 9.47 Å². The van der Waals surface area contributed by atoms with E-state index in [0.717, 1.165) is 18.2 Å². The van der Waals surface area contributed by atoms with E-state index < -0.39 is 0 Å². The molecule has 1 fully saturated rings. The highest BCUT2D eigenvalue weighted by atomic mass is 16.5. The molecule has 2 rings (SSSR count). The lowest BCUT2D eigenvalue weighted by Gasteiger charge is -2.35. The molecule has 3 nitrogen and oxygen atoms in total. The Labute approximate surface area is 103 Å². The molecule has 1 aliphatic carbocycles. The molecule has 0 heterocycles. The van der Waals surface area contributed by atoms with Gasteiger partial charge in [-0.3, -0.25) is 0 Å². The van der Waals surface area contributed by atoms with E-state index >= 15 is 0 Å². The first-order valence-electron chi connectivity index (χ1n) is 6.21. The summed E-state index contributed by atoms with van der Waals surface area (Å²) in [5, 5.41) is 3.21. The highest BCUT2D eigenvalue weighted by Gasteiger charge is 2.28. The van der Waals surface area contributed by atoms with Crippen LogP contribution in [0.3, 0.4) is 0 Å². The molecule has 0 aromatic heterocycles. The number of hydrogen-bond donors (Lipinski definition) is 1. The van der Waals surface area contributed by atoms with Crippen LogP contribution >= 0.6 is 0 Å². The Bertz CT molecular complexity index is 331. The summed E-state index contributed by atoms with van der Waals surface area (Å²) >= 11 is 0. The average Bonchev–Trinajstić information content (AvgIpc) is 2.32. The summed E-state index contributed by atoms with van der Waals surface area (Å²) in [4.78, 5) is 0. The van der Waals surface area contributed by atoms with Gasteiger partial charge in [0, 0.05) is 0 Å². The number of hydrogen-bond acceptors (Lipinski definition) is 3. The van der Waals surface area contributed by atoms with E-state index in [-0.39, 0.29) is 0 Å². The second-order valence-electron chi connectivity index (χ2n) is 4.68. The summed E-state index contributed by atoms with van der Waals surface area (Å²) < 4.78 is 11.0. The van der Waals surface area contributed by atoms with Crippen molar-refractivity contribution in [1.82, 2.24) is 5.32 Å². The molecule has 0 saturated heterocycles. The lowest BCUT2D eigenvalue weighted by Crippen LogP contribution is -2.36. The maximum absolute atomic E-state index is 5.85. The second-order valence-corrected chi connectivity index (χ2v) is 4.68. The molecule has 0 unspecified atom stereocenters. The Morgan fingerprint density at radius 2 is 1.94 bits per heavy atom. The van der Waals surface area contributed by atoms with E-state index in [1.54, 1.807) is 7.11 Å². The fraction of sp³-hybridized carbons (Fsp3) is 0.571. The number of ether oxygens (including phenoxy) is 2. The number of rotatable bonds is 6. The minimum absolute atomic E-state index is 0.454. The summed E-state index contributed by atoms with van der Waals surface area (Å²) in [6.07, 6.45) is 2.84. The zero-order valence-electron chi connectivity index (χ0n) is 10.6. The van der Waals surface area contributed by atoms with Gasteiger partial charge in [0.05, 0.1) is 19.8 Å². The zero-order valence-corrected chi connectivity index (χ0v) is 10.6. The normalized spacial score (nSPS) is 23.2. The standard InChI is InChI=1S/C14H21NO2/c1-15-9-12-7-14(8-12)17-10-11-3-5-13(16-2)6-4-11/h3-6,12,14-15H,7-10H2,1-2H3. The largest absolute Gasteiger partial charge is 0.497 e. The molecule has 0 amide bonds. The minimum Gasteiger partial charge on any atom is -0.497 e. The molecule has 1 N–H and O–H groups in total. The highest BCUT2D eigenvalue weighted by molar-refractivity contribution is 5.26. The van der Waals surface area contributed by atoms with Crippen LogP contribution in [0.4, 0.5) is 0 Å². The monoisotopic (exact) mass is 235 g/mol. The van der Waals surface area contributed by atoms with Crippen molar-refractivity contribution in [2.24, 2.45) is 5.92 Å². The molecule has 1 saturated carbocycles. The van der Waals surface area contributed by atoms with Gasteiger partial charge in [0.1, 0.15) is 5.75 Å². The SMILES string of the molecule is CNCC1CC(OCc2ccc(OC)cc2)C1. The van der Waals surface area contributed by atoms with Gasteiger partial charge in [-0.15, -0.1) is 0 Å². The van der Waals surface area contributed by atoms with Crippen molar-refractivity contribution >= 4 is 0 Å². The van der Waals surface area contributed by atoms with Crippen LogP contribution in [0.25, 0.3) is 0 Å². The lowest BCUT2D eigenvalue weighted by atomic mass is 9.82. The van der Waals surface area contributed by atoms with Gasteiger partial charge >= 0.3 is 0 Å². The van der Waals surface area contributed by atoms with Crippen molar-refractivity contribution in [3.05, 3.63) is 29.8 Å². The van der Waals surface area contributed by atoms with Gasteiger partial charge in [0.15, 0.2) is 0 Å². The third-order valence-corrected chi connectivity index (χ3v) is 3.33. The van der Waals surface area contributed by atoms with Crippen LogP contribution in [0.1, 0.15) is 18.4 Å². The Balaban J connectivity index is 1.68. The number of nitrogens with one attached hydrogen (secondary N) is 1. The first-order valence-corrected chi connectivity index (χ1v) is 6.21. The predicted octanol–water partition coefficient (Wildman–Crippen LogP) is 2.21. The molecule has 1 aromatic rings. The average molecular weight is 235 g/mol. The quantitative estimate of drug-likeness (QED) is 0.820. The number of methoxy groups -OCH3 is 1. The van der Waals surface area contributed by atoms with Gasteiger partial charge in [-0.25, -0.2) is 0 Å². The molecule has 0 atom stereocenters. The van der Waals surface area contributed by atoms with Crippen LogP contribution in [0.2, 0.25) is 0 Å². The molecular formula is C14H21NO2. The third kappa shape index (κ3) is 3.45. The van der Waals surface area contributed by atoms with Crippen LogP contribution < -0.4 is 10.1 Å². The van der Waals surface area contributed by atoms with Gasteiger partial charge < -0.3 is 14.8 Å². The van der Waals surface area contributed by atoms with Crippen molar-refractivity contribution in [2.45, 2.75) is 25.6 Å². The molecule has 94 valence electrons. The Morgan fingerprint density at radius 1 is 1.24 bits per heavy atom. The fourth-order valence-electron chi connectivity index (χ4n) is 2.20. The van der Waals surface area contributed by atoms with Crippen LogP contribution in [0.5, 0.6) is 5.75 Å². The molecule has 1 aromatic carbocycles. The topological polar surface area (TPSA) is 30.5 Å². The lowest BCUT2D eigenvalue weighted by molar-refractivity contribution is -0.0391. The van der Waals surface area contributed by atoms with E-state index in [1.165, 1.54) is 18.4 Å². The van der Waals surface area contributed by atoms with E-state index in [2.05, 4.69) is 17.4 Å². The van der Waals surface area contributed by atoms with Crippen LogP contribution in [-0.4, -0.2) is 26.8 Å². The molecule has 0 spiro atoms. The van der Waals surface area contributed by atoms with Crippen LogP contribution in [0.15, 0.2) is 24.3 Å². The molecule has 0 radical (unpaired) electrons. The number of benzene rings is 1. The Kier molecular flexibility index (Phi) is 4.40. The van der Waals surface area contributed by atoms with Gasteiger partial charge in [-0.1, -0.05) is 12.1 Å². The van der Waals surface area contributed by atoms with E-state index in [4.69, 9.17) is 9.47 Å². The summed E-state index contributed by atoms with van der Waals surface area (Å²) in [5.41, 5.74) is 1.21. The maximum Gasteiger partial charge on any atom is 0.118 e. The Morgan fingerprint density at radius 3 is 2.53 bits per heavy atom. The van der Waals surface area contributed by atoms with Crippen molar-refractivity contribution in [2.75, 3.05) is 20.7 Å². The first-order chi connectivity index (χ1) is 8.31. The smallest absolute Gasteiger partial charge is 0.118 e. The maximum atomic E-state index is 5.85. The van der Waals surface area contributed by atoms with Crippen LogP contribution in [-0.2, 0) is 11.3 Å². The molecule has 17 heavy (non-hydrogen) atoms. The third-order valence-electron chi connectivity index (χ3n) is 3.33.